The lowest BCUT2D eigenvalue weighted by Crippen LogP contribution is -2.46. The number of hydrogen-bond donors (Lipinski definition) is 2. The molecule has 7 nitrogen and oxygen atoms in total. The van der Waals surface area contributed by atoms with Gasteiger partial charge in [-0.05, 0) is 30.3 Å². The zero-order chi connectivity index (χ0) is 22.7. The molecule has 2 aromatic carbocycles. The van der Waals surface area contributed by atoms with E-state index in [0.717, 1.165) is 13.1 Å². The van der Waals surface area contributed by atoms with Crippen molar-refractivity contribution >= 4 is 71.5 Å². The summed E-state index contributed by atoms with van der Waals surface area (Å²) in [6.07, 6.45) is 0.337. The maximum atomic E-state index is 13.9. The first-order chi connectivity index (χ1) is 15.4. The number of carboxylic acids is 1. The van der Waals surface area contributed by atoms with E-state index in [1.165, 1.54) is 6.07 Å². The van der Waals surface area contributed by atoms with Gasteiger partial charge in [-0.3, -0.25) is 9.69 Å². The molecule has 0 saturated carbocycles. The number of benzene rings is 2. The maximum absolute atomic E-state index is 13.9. The van der Waals surface area contributed by atoms with Crippen LogP contribution in [0.4, 0.5) is 15.9 Å². The molecule has 3 aromatic rings. The number of hydrogen-bond acceptors (Lipinski definition) is 5. The summed E-state index contributed by atoms with van der Waals surface area (Å²) in [7, 11) is 0. The lowest BCUT2D eigenvalue weighted by atomic mass is 10.1. The number of halogens is 4. The van der Waals surface area contributed by atoms with Gasteiger partial charge < -0.3 is 15.3 Å². The number of carbonyl (C=O) groups excluding carboxylic acids is 1. The summed E-state index contributed by atoms with van der Waals surface area (Å²) in [6.45, 7) is 5.06. The summed E-state index contributed by atoms with van der Waals surface area (Å²) in [4.78, 5) is 32.5. The van der Waals surface area contributed by atoms with Crippen molar-refractivity contribution in [1.82, 2.24) is 9.88 Å². The second-order valence-electron chi connectivity index (χ2n) is 7.82. The van der Waals surface area contributed by atoms with E-state index in [9.17, 15) is 19.1 Å². The number of carboxylic acid groups (broad SMARTS) is 1. The zero-order valence-corrected chi connectivity index (χ0v) is 21.5. The molecule has 1 fully saturated rings. The van der Waals surface area contributed by atoms with E-state index in [2.05, 4.69) is 20.1 Å². The minimum atomic E-state index is -1.05. The fourth-order valence-corrected chi connectivity index (χ4v) is 3.88. The second kappa shape index (κ2) is 13.4. The molecule has 1 aliphatic rings. The third-order valence-electron chi connectivity index (χ3n) is 5.68. The molecule has 0 spiro atoms. The molecule has 11 heteroatoms. The molecule has 4 rings (SSSR count). The van der Waals surface area contributed by atoms with E-state index in [-0.39, 0.29) is 54.5 Å². The van der Waals surface area contributed by atoms with Crippen LogP contribution in [0, 0.1) is 5.82 Å². The van der Waals surface area contributed by atoms with E-state index in [1.807, 2.05) is 6.07 Å². The summed E-state index contributed by atoms with van der Waals surface area (Å²) in [5, 5.41) is 13.0. The van der Waals surface area contributed by atoms with Crippen molar-refractivity contribution in [3.63, 3.8) is 0 Å². The van der Waals surface area contributed by atoms with Crippen LogP contribution in [0.2, 0.25) is 0 Å². The molecular formula is C24H28Cl3FN4O3. The quantitative estimate of drug-likeness (QED) is 0.453. The first-order valence-electron chi connectivity index (χ1n) is 10.6. The normalized spacial score (nSPS) is 13.3. The van der Waals surface area contributed by atoms with Crippen molar-refractivity contribution < 1.29 is 19.1 Å². The monoisotopic (exact) mass is 544 g/mol. The number of nitrogens with one attached hydrogen (secondary N) is 1. The number of nitrogens with zero attached hydrogens (tertiary/aromatic N) is 3. The van der Waals surface area contributed by atoms with Gasteiger partial charge in [0.1, 0.15) is 11.6 Å². The lowest BCUT2D eigenvalue weighted by Gasteiger charge is -2.35. The Balaban J connectivity index is 0.00000204. The Morgan fingerprint density at radius 2 is 1.71 bits per heavy atom. The van der Waals surface area contributed by atoms with Crippen LogP contribution in [-0.2, 0) is 11.3 Å². The molecule has 0 atom stereocenters. The maximum Gasteiger partial charge on any atom is 0.336 e. The lowest BCUT2D eigenvalue weighted by molar-refractivity contribution is -0.115. The highest BCUT2D eigenvalue weighted by Crippen LogP contribution is 2.27. The molecule has 0 aliphatic carbocycles. The molecule has 0 unspecified atom stereocenters. The highest BCUT2D eigenvalue weighted by Gasteiger charge is 2.21. The number of pyridine rings is 1. The highest BCUT2D eigenvalue weighted by atomic mass is 35.5. The van der Waals surface area contributed by atoms with Gasteiger partial charge >= 0.3 is 5.97 Å². The Kier molecular flexibility index (Phi) is 11.7. The molecule has 35 heavy (non-hydrogen) atoms. The molecule has 2 N–H and O–H groups in total. The first kappa shape index (κ1) is 30.4. The third kappa shape index (κ3) is 7.18. The summed E-state index contributed by atoms with van der Waals surface area (Å²) >= 11 is 0. The van der Waals surface area contributed by atoms with E-state index in [0.29, 0.717) is 54.0 Å². The predicted octanol–water partition coefficient (Wildman–Crippen LogP) is 5.01. The van der Waals surface area contributed by atoms with Crippen molar-refractivity contribution in [2.24, 2.45) is 0 Å². The van der Waals surface area contributed by atoms with Gasteiger partial charge in [0.15, 0.2) is 0 Å². The van der Waals surface area contributed by atoms with Crippen LogP contribution in [0.25, 0.3) is 10.9 Å². The van der Waals surface area contributed by atoms with E-state index in [1.54, 1.807) is 43.3 Å². The molecule has 1 aromatic heterocycles. The molecule has 0 radical (unpaired) electrons. The van der Waals surface area contributed by atoms with E-state index < -0.39 is 5.97 Å². The molecule has 1 saturated heterocycles. The SMILES string of the molecule is CCC(=O)Nc1ccc2nc(N3CCN(Cc4ccccc4F)CC3)cc(C(=O)O)c2c1.Cl.Cl.Cl. The average molecular weight is 546 g/mol. The Bertz CT molecular complexity index is 1170. The summed E-state index contributed by atoms with van der Waals surface area (Å²) in [6, 6.07) is 13.5. The van der Waals surface area contributed by atoms with E-state index in [4.69, 9.17) is 0 Å². The number of aromatic nitrogens is 1. The third-order valence-corrected chi connectivity index (χ3v) is 5.68. The molecule has 2 heterocycles. The van der Waals surface area contributed by atoms with Crippen LogP contribution >= 0.6 is 37.2 Å². The standard InChI is InChI=1S/C24H25FN4O3.3ClH/c1-2-23(30)26-17-7-8-21-18(13-17)19(24(31)32)14-22(27-21)29-11-9-28(10-12-29)15-16-5-3-4-6-20(16)25;;;/h3-8,13-14H,2,9-12,15H2,1H3,(H,26,30)(H,31,32);3*1H. The van der Waals surface area contributed by atoms with Gasteiger partial charge in [0.25, 0.3) is 0 Å². The largest absolute Gasteiger partial charge is 0.478 e. The van der Waals surface area contributed by atoms with Crippen LogP contribution in [0.5, 0.6) is 0 Å². The number of piperazine rings is 1. The molecule has 190 valence electrons. The first-order valence-corrected chi connectivity index (χ1v) is 10.6. The summed E-state index contributed by atoms with van der Waals surface area (Å²) in [5.41, 5.74) is 1.92. The topological polar surface area (TPSA) is 85.8 Å². The van der Waals surface area contributed by atoms with Crippen molar-refractivity contribution in [2.45, 2.75) is 19.9 Å². The number of amides is 1. The summed E-state index contributed by atoms with van der Waals surface area (Å²) < 4.78 is 13.9. The Hall–Kier alpha value is -2.65. The van der Waals surface area contributed by atoms with Gasteiger partial charge in [-0.2, -0.15) is 0 Å². The van der Waals surface area contributed by atoms with Crippen LogP contribution < -0.4 is 10.2 Å². The Morgan fingerprint density at radius 1 is 1.03 bits per heavy atom. The second-order valence-corrected chi connectivity index (χ2v) is 7.82. The predicted molar refractivity (Wildman–Crippen MR) is 143 cm³/mol. The zero-order valence-electron chi connectivity index (χ0n) is 19.1. The molecule has 1 aliphatic heterocycles. The molecule has 0 bridgehead atoms. The number of fused-ring (bicyclic) bond motifs is 1. The van der Waals surface area contributed by atoms with Crippen LogP contribution in [0.3, 0.4) is 0 Å². The van der Waals surface area contributed by atoms with Crippen molar-refractivity contribution in [1.29, 1.82) is 0 Å². The van der Waals surface area contributed by atoms with Gasteiger partial charge in [0.05, 0.1) is 11.1 Å². The van der Waals surface area contributed by atoms with Gasteiger partial charge in [-0.1, -0.05) is 25.1 Å². The highest BCUT2D eigenvalue weighted by molar-refractivity contribution is 6.05. The molecule has 1 amide bonds. The average Bonchev–Trinajstić information content (AvgIpc) is 2.80. The Morgan fingerprint density at radius 3 is 2.34 bits per heavy atom. The number of anilines is 2. The van der Waals surface area contributed by atoms with Gasteiger partial charge in [0.2, 0.25) is 5.91 Å². The number of rotatable bonds is 6. The minimum Gasteiger partial charge on any atom is -0.478 e. The van der Waals surface area contributed by atoms with Gasteiger partial charge in [-0.25, -0.2) is 14.2 Å². The summed E-state index contributed by atoms with van der Waals surface area (Å²) in [5.74, 6) is -0.785. The number of carbonyl (C=O) groups is 2. The van der Waals surface area contributed by atoms with Crippen molar-refractivity contribution in [3.8, 4) is 0 Å². The van der Waals surface area contributed by atoms with Gasteiger partial charge in [-0.15, -0.1) is 37.2 Å². The van der Waals surface area contributed by atoms with Crippen LogP contribution in [0.1, 0.15) is 29.3 Å². The van der Waals surface area contributed by atoms with Crippen LogP contribution in [-0.4, -0.2) is 53.0 Å². The van der Waals surface area contributed by atoms with E-state index >= 15 is 0 Å². The minimum absolute atomic E-state index is 0. The van der Waals surface area contributed by atoms with Crippen molar-refractivity contribution in [3.05, 3.63) is 65.5 Å². The number of aromatic carboxylic acids is 1. The molecular weight excluding hydrogens is 518 g/mol. The smallest absolute Gasteiger partial charge is 0.336 e. The fourth-order valence-electron chi connectivity index (χ4n) is 3.88. The van der Waals surface area contributed by atoms with Gasteiger partial charge in [0, 0.05) is 55.8 Å². The Labute approximate surface area is 221 Å². The van der Waals surface area contributed by atoms with Crippen molar-refractivity contribution in [2.75, 3.05) is 36.4 Å². The fraction of sp³-hybridized carbons (Fsp3) is 0.292. The van der Waals surface area contributed by atoms with Crippen LogP contribution in [0.15, 0.2) is 48.5 Å².